The van der Waals surface area contributed by atoms with Gasteiger partial charge in [-0.3, -0.25) is 9.78 Å². The molecule has 0 unspecified atom stereocenters. The quantitative estimate of drug-likeness (QED) is 0.866. The molecule has 0 spiro atoms. The maximum absolute atomic E-state index is 12.4. The maximum Gasteiger partial charge on any atom is 0.255 e. The van der Waals surface area contributed by atoms with Gasteiger partial charge in [0, 0.05) is 25.5 Å². The molecule has 0 atom stereocenters. The largest absolute Gasteiger partial charge is 0.338 e. The molecule has 1 heterocycles. The zero-order valence-corrected chi connectivity index (χ0v) is 11.7. The Labute approximate surface area is 109 Å². The SMILES string of the molecule is CCN(CC(C)(C)CN)C(=O)c1cncc(C)c1. The van der Waals surface area contributed by atoms with Gasteiger partial charge in [-0.25, -0.2) is 0 Å². The van der Waals surface area contributed by atoms with Gasteiger partial charge in [0.1, 0.15) is 0 Å². The Kier molecular flexibility index (Phi) is 4.84. The molecular weight excluding hydrogens is 226 g/mol. The number of nitrogens with two attached hydrogens (primary N) is 1. The molecule has 18 heavy (non-hydrogen) atoms. The van der Waals surface area contributed by atoms with Crippen LogP contribution < -0.4 is 5.73 Å². The minimum absolute atomic E-state index is 0.0234. The Morgan fingerprint density at radius 2 is 2.11 bits per heavy atom. The first kappa shape index (κ1) is 14.6. The number of hydrogen-bond acceptors (Lipinski definition) is 3. The highest BCUT2D eigenvalue weighted by molar-refractivity contribution is 5.94. The fourth-order valence-corrected chi connectivity index (χ4v) is 1.76. The molecule has 100 valence electrons. The third-order valence-corrected chi connectivity index (χ3v) is 2.96. The lowest BCUT2D eigenvalue weighted by molar-refractivity contribution is 0.0700. The van der Waals surface area contributed by atoms with Crippen LogP contribution in [0.15, 0.2) is 18.5 Å². The van der Waals surface area contributed by atoms with E-state index in [-0.39, 0.29) is 11.3 Å². The van der Waals surface area contributed by atoms with Crippen molar-refractivity contribution in [3.05, 3.63) is 29.6 Å². The maximum atomic E-state index is 12.4. The smallest absolute Gasteiger partial charge is 0.255 e. The molecule has 0 fully saturated rings. The molecule has 0 saturated carbocycles. The topological polar surface area (TPSA) is 59.2 Å². The molecule has 1 aromatic heterocycles. The van der Waals surface area contributed by atoms with Gasteiger partial charge in [-0.2, -0.15) is 0 Å². The average Bonchev–Trinajstić information content (AvgIpc) is 2.35. The van der Waals surface area contributed by atoms with Gasteiger partial charge in [0.05, 0.1) is 5.56 Å². The van der Waals surface area contributed by atoms with Crippen LogP contribution in [0.25, 0.3) is 0 Å². The first-order valence-corrected chi connectivity index (χ1v) is 6.30. The van der Waals surface area contributed by atoms with Crippen molar-refractivity contribution >= 4 is 5.91 Å². The summed E-state index contributed by atoms with van der Waals surface area (Å²) in [7, 11) is 0. The summed E-state index contributed by atoms with van der Waals surface area (Å²) in [5.41, 5.74) is 7.29. The predicted octanol–water partition coefficient (Wildman–Crippen LogP) is 1.84. The molecule has 1 rings (SSSR count). The Morgan fingerprint density at radius 1 is 1.44 bits per heavy atom. The number of amides is 1. The number of pyridine rings is 1. The van der Waals surface area contributed by atoms with Crippen LogP contribution in [0.3, 0.4) is 0 Å². The number of aromatic nitrogens is 1. The van der Waals surface area contributed by atoms with E-state index in [0.29, 0.717) is 25.2 Å². The lowest BCUT2D eigenvalue weighted by Gasteiger charge is -2.31. The second kappa shape index (κ2) is 5.96. The first-order chi connectivity index (χ1) is 8.39. The summed E-state index contributed by atoms with van der Waals surface area (Å²) in [6, 6.07) is 1.87. The molecule has 0 aromatic carbocycles. The number of hydrogen-bond donors (Lipinski definition) is 1. The molecule has 0 saturated heterocycles. The van der Waals surface area contributed by atoms with Gasteiger partial charge in [-0.1, -0.05) is 13.8 Å². The standard InChI is InChI=1S/C14H23N3O/c1-5-17(10-14(3,4)9-15)13(18)12-6-11(2)7-16-8-12/h6-8H,5,9-10,15H2,1-4H3. The monoisotopic (exact) mass is 249 g/mol. The Morgan fingerprint density at radius 3 is 2.61 bits per heavy atom. The Bertz CT molecular complexity index is 415. The molecule has 4 heteroatoms. The summed E-state index contributed by atoms with van der Waals surface area (Å²) in [5.74, 6) is 0.0234. The Balaban J connectivity index is 2.86. The van der Waals surface area contributed by atoms with E-state index >= 15 is 0 Å². The minimum atomic E-state index is -0.0665. The molecule has 1 amide bonds. The van der Waals surface area contributed by atoms with E-state index in [9.17, 15) is 4.79 Å². The second-order valence-electron chi connectivity index (χ2n) is 5.44. The Hall–Kier alpha value is -1.42. The molecule has 4 nitrogen and oxygen atoms in total. The van der Waals surface area contributed by atoms with Crippen LogP contribution in [0, 0.1) is 12.3 Å². The van der Waals surface area contributed by atoms with E-state index in [2.05, 4.69) is 18.8 Å². The summed E-state index contributed by atoms with van der Waals surface area (Å²) < 4.78 is 0. The third kappa shape index (κ3) is 3.81. The molecule has 0 bridgehead atoms. The summed E-state index contributed by atoms with van der Waals surface area (Å²) in [6.45, 7) is 9.94. The first-order valence-electron chi connectivity index (χ1n) is 6.30. The molecule has 2 N–H and O–H groups in total. The minimum Gasteiger partial charge on any atom is -0.338 e. The van der Waals surface area contributed by atoms with Crippen molar-refractivity contribution in [1.82, 2.24) is 9.88 Å². The van der Waals surface area contributed by atoms with Gasteiger partial charge in [-0.15, -0.1) is 0 Å². The van der Waals surface area contributed by atoms with E-state index < -0.39 is 0 Å². The highest BCUT2D eigenvalue weighted by Gasteiger charge is 2.23. The van der Waals surface area contributed by atoms with Crippen molar-refractivity contribution in [2.75, 3.05) is 19.6 Å². The van der Waals surface area contributed by atoms with Gasteiger partial charge in [0.25, 0.3) is 5.91 Å². The van der Waals surface area contributed by atoms with Crippen LogP contribution in [-0.2, 0) is 0 Å². The molecule has 0 aliphatic heterocycles. The van der Waals surface area contributed by atoms with Gasteiger partial charge in [0.2, 0.25) is 0 Å². The number of nitrogens with zero attached hydrogens (tertiary/aromatic N) is 2. The highest BCUT2D eigenvalue weighted by atomic mass is 16.2. The second-order valence-corrected chi connectivity index (χ2v) is 5.44. The van der Waals surface area contributed by atoms with Crippen LogP contribution in [0.2, 0.25) is 0 Å². The van der Waals surface area contributed by atoms with Gasteiger partial charge >= 0.3 is 0 Å². The van der Waals surface area contributed by atoms with E-state index in [1.807, 2.05) is 24.8 Å². The van der Waals surface area contributed by atoms with Gasteiger partial charge in [0.15, 0.2) is 0 Å². The van der Waals surface area contributed by atoms with Crippen molar-refractivity contribution in [1.29, 1.82) is 0 Å². The van der Waals surface area contributed by atoms with E-state index in [4.69, 9.17) is 5.73 Å². The van der Waals surface area contributed by atoms with Crippen molar-refractivity contribution < 1.29 is 4.79 Å². The predicted molar refractivity (Wildman–Crippen MR) is 73.4 cm³/mol. The van der Waals surface area contributed by atoms with Crippen molar-refractivity contribution in [3.8, 4) is 0 Å². The number of rotatable bonds is 5. The zero-order valence-electron chi connectivity index (χ0n) is 11.7. The summed E-state index contributed by atoms with van der Waals surface area (Å²) in [4.78, 5) is 18.3. The normalized spacial score (nSPS) is 11.4. The molecule has 0 radical (unpaired) electrons. The van der Waals surface area contributed by atoms with Crippen molar-refractivity contribution in [2.24, 2.45) is 11.1 Å². The summed E-state index contributed by atoms with van der Waals surface area (Å²) >= 11 is 0. The van der Waals surface area contributed by atoms with E-state index in [0.717, 1.165) is 5.56 Å². The average molecular weight is 249 g/mol. The summed E-state index contributed by atoms with van der Waals surface area (Å²) in [5, 5.41) is 0. The van der Waals surface area contributed by atoms with Crippen LogP contribution in [0.4, 0.5) is 0 Å². The van der Waals surface area contributed by atoms with Gasteiger partial charge < -0.3 is 10.6 Å². The van der Waals surface area contributed by atoms with Crippen LogP contribution in [-0.4, -0.2) is 35.4 Å². The fourth-order valence-electron chi connectivity index (χ4n) is 1.76. The van der Waals surface area contributed by atoms with E-state index in [1.54, 1.807) is 12.4 Å². The molecule has 0 aliphatic carbocycles. The van der Waals surface area contributed by atoms with Crippen LogP contribution in [0.1, 0.15) is 36.7 Å². The molecule has 1 aromatic rings. The number of carbonyl (C=O) groups is 1. The lowest BCUT2D eigenvalue weighted by atomic mass is 9.93. The third-order valence-electron chi connectivity index (χ3n) is 2.96. The summed E-state index contributed by atoms with van der Waals surface area (Å²) in [6.07, 6.45) is 3.37. The van der Waals surface area contributed by atoms with E-state index in [1.165, 1.54) is 0 Å². The fraction of sp³-hybridized carbons (Fsp3) is 0.571. The number of aryl methyl sites for hydroxylation is 1. The van der Waals surface area contributed by atoms with Crippen molar-refractivity contribution in [2.45, 2.75) is 27.7 Å². The van der Waals surface area contributed by atoms with Crippen molar-refractivity contribution in [3.63, 3.8) is 0 Å². The highest BCUT2D eigenvalue weighted by Crippen LogP contribution is 2.16. The molecule has 0 aliphatic rings. The zero-order chi connectivity index (χ0) is 13.8. The van der Waals surface area contributed by atoms with Gasteiger partial charge in [-0.05, 0) is 37.4 Å². The number of carbonyl (C=O) groups excluding carboxylic acids is 1. The van der Waals surface area contributed by atoms with Crippen LogP contribution >= 0.6 is 0 Å². The lowest BCUT2D eigenvalue weighted by Crippen LogP contribution is -2.42. The van der Waals surface area contributed by atoms with Crippen LogP contribution in [0.5, 0.6) is 0 Å². The molecular formula is C14H23N3O.